The number of hydrogen-bond donors (Lipinski definition) is 2. The van der Waals surface area contributed by atoms with Crippen molar-refractivity contribution in [3.8, 4) is 5.88 Å². The largest absolute Gasteiger partial charge is 0.478 e. The van der Waals surface area contributed by atoms with E-state index < -0.39 is 0 Å². The third-order valence-corrected chi connectivity index (χ3v) is 1.47. The normalized spacial score (nSPS) is 9.69. The van der Waals surface area contributed by atoms with Gasteiger partial charge in [0.1, 0.15) is 5.82 Å². The van der Waals surface area contributed by atoms with Crippen LogP contribution >= 0.6 is 0 Å². The average molecular weight is 181 g/mol. The first-order chi connectivity index (χ1) is 6.36. The molecule has 0 saturated heterocycles. The Hall–Kier alpha value is -1.29. The predicted octanol–water partition coefficient (Wildman–Crippen LogP) is 0.851. The first-order valence-electron chi connectivity index (χ1n) is 4.40. The summed E-state index contributed by atoms with van der Waals surface area (Å²) in [6.07, 6.45) is 0. The van der Waals surface area contributed by atoms with Gasteiger partial charge >= 0.3 is 0 Å². The summed E-state index contributed by atoms with van der Waals surface area (Å²) in [6.45, 7) is 3.89. The van der Waals surface area contributed by atoms with Gasteiger partial charge in [-0.05, 0) is 13.0 Å². The number of rotatable bonds is 5. The number of aromatic nitrogens is 1. The highest BCUT2D eigenvalue weighted by molar-refractivity contribution is 5.36. The topological polar surface area (TPSA) is 60.2 Å². The maximum Gasteiger partial charge on any atom is 0.215 e. The highest BCUT2D eigenvalue weighted by Crippen LogP contribution is 2.10. The van der Waals surface area contributed by atoms with Gasteiger partial charge < -0.3 is 15.8 Å². The Balaban J connectivity index is 2.56. The van der Waals surface area contributed by atoms with Crippen LogP contribution in [0.25, 0.3) is 0 Å². The summed E-state index contributed by atoms with van der Waals surface area (Å²) in [5, 5.41) is 3.08. The summed E-state index contributed by atoms with van der Waals surface area (Å²) in [7, 11) is 0. The first-order valence-corrected chi connectivity index (χ1v) is 4.40. The first kappa shape index (κ1) is 9.80. The van der Waals surface area contributed by atoms with E-state index in [9.17, 15) is 0 Å². The number of nitrogens with zero attached hydrogens (tertiary/aromatic N) is 1. The minimum absolute atomic E-state index is 0.598. The van der Waals surface area contributed by atoms with E-state index >= 15 is 0 Å². The number of ether oxygens (including phenoxy) is 1. The van der Waals surface area contributed by atoms with Crippen molar-refractivity contribution in [2.24, 2.45) is 5.73 Å². The summed E-state index contributed by atoms with van der Waals surface area (Å²) in [4.78, 5) is 4.21. The average Bonchev–Trinajstić information content (AvgIpc) is 2.16. The van der Waals surface area contributed by atoms with E-state index in [1.54, 1.807) is 0 Å². The van der Waals surface area contributed by atoms with E-state index in [0.29, 0.717) is 19.0 Å². The quantitative estimate of drug-likeness (QED) is 0.707. The van der Waals surface area contributed by atoms with Gasteiger partial charge in [-0.2, -0.15) is 4.98 Å². The third-order valence-electron chi connectivity index (χ3n) is 1.47. The molecule has 72 valence electrons. The van der Waals surface area contributed by atoms with Crippen LogP contribution in [0.15, 0.2) is 18.2 Å². The molecule has 13 heavy (non-hydrogen) atoms. The molecular weight excluding hydrogens is 166 g/mol. The van der Waals surface area contributed by atoms with Gasteiger partial charge in [-0.25, -0.2) is 0 Å². The van der Waals surface area contributed by atoms with Gasteiger partial charge in [0.25, 0.3) is 0 Å². The minimum Gasteiger partial charge on any atom is -0.478 e. The van der Waals surface area contributed by atoms with Crippen LogP contribution in [-0.2, 0) is 0 Å². The zero-order chi connectivity index (χ0) is 9.52. The molecule has 1 aromatic rings. The van der Waals surface area contributed by atoms with Gasteiger partial charge in [-0.1, -0.05) is 6.07 Å². The highest BCUT2D eigenvalue weighted by Gasteiger charge is 1.95. The standard InChI is InChI=1S/C9H15N3O/c1-2-13-9-5-3-4-8(12-9)11-7-6-10/h3-5H,2,6-7,10H2,1H3,(H,11,12). The number of anilines is 1. The lowest BCUT2D eigenvalue weighted by Crippen LogP contribution is -2.13. The third kappa shape index (κ3) is 3.29. The lowest BCUT2D eigenvalue weighted by Gasteiger charge is -2.05. The molecule has 0 amide bonds. The molecule has 0 aliphatic rings. The van der Waals surface area contributed by atoms with Crippen molar-refractivity contribution in [3.63, 3.8) is 0 Å². The smallest absolute Gasteiger partial charge is 0.215 e. The van der Waals surface area contributed by atoms with Gasteiger partial charge in [0, 0.05) is 19.2 Å². The van der Waals surface area contributed by atoms with E-state index in [1.807, 2.05) is 25.1 Å². The van der Waals surface area contributed by atoms with E-state index in [0.717, 1.165) is 12.4 Å². The highest BCUT2D eigenvalue weighted by atomic mass is 16.5. The molecule has 0 bridgehead atoms. The molecule has 1 aromatic heterocycles. The molecule has 0 aliphatic heterocycles. The van der Waals surface area contributed by atoms with Crippen LogP contribution in [0.5, 0.6) is 5.88 Å². The maximum atomic E-state index is 5.35. The molecule has 0 saturated carbocycles. The number of hydrogen-bond acceptors (Lipinski definition) is 4. The van der Waals surface area contributed by atoms with E-state index in [4.69, 9.17) is 10.5 Å². The molecule has 0 aliphatic carbocycles. The summed E-state index contributed by atoms with van der Waals surface area (Å²) in [6, 6.07) is 5.62. The summed E-state index contributed by atoms with van der Waals surface area (Å²) >= 11 is 0. The molecular formula is C9H15N3O. The van der Waals surface area contributed by atoms with Gasteiger partial charge in [-0.3, -0.25) is 0 Å². The Labute approximate surface area is 78.1 Å². The van der Waals surface area contributed by atoms with Gasteiger partial charge in [0.05, 0.1) is 6.61 Å². The zero-order valence-electron chi connectivity index (χ0n) is 7.79. The van der Waals surface area contributed by atoms with Crippen LogP contribution < -0.4 is 15.8 Å². The molecule has 4 heteroatoms. The predicted molar refractivity (Wildman–Crippen MR) is 53.0 cm³/mol. The van der Waals surface area contributed by atoms with Crippen LogP contribution in [0.4, 0.5) is 5.82 Å². The van der Waals surface area contributed by atoms with Gasteiger partial charge in [0.15, 0.2) is 0 Å². The monoisotopic (exact) mass is 181 g/mol. The summed E-state index contributed by atoms with van der Waals surface area (Å²) in [5.74, 6) is 1.45. The SMILES string of the molecule is CCOc1cccc(NCCN)n1. The number of pyridine rings is 1. The summed E-state index contributed by atoms with van der Waals surface area (Å²) < 4.78 is 5.24. The van der Waals surface area contributed by atoms with Crippen molar-refractivity contribution < 1.29 is 4.74 Å². The molecule has 0 aromatic carbocycles. The van der Waals surface area contributed by atoms with Crippen molar-refractivity contribution >= 4 is 5.82 Å². The van der Waals surface area contributed by atoms with E-state index in [-0.39, 0.29) is 0 Å². The van der Waals surface area contributed by atoms with Crippen molar-refractivity contribution in [1.82, 2.24) is 4.98 Å². The molecule has 0 fully saturated rings. The Kier molecular flexibility index (Phi) is 4.05. The fourth-order valence-electron chi connectivity index (χ4n) is 0.942. The molecule has 0 unspecified atom stereocenters. The molecule has 4 nitrogen and oxygen atoms in total. The van der Waals surface area contributed by atoms with Crippen molar-refractivity contribution in [1.29, 1.82) is 0 Å². The maximum absolute atomic E-state index is 5.35. The fourth-order valence-corrected chi connectivity index (χ4v) is 0.942. The van der Waals surface area contributed by atoms with Gasteiger partial charge in [-0.15, -0.1) is 0 Å². The van der Waals surface area contributed by atoms with Crippen molar-refractivity contribution in [2.45, 2.75) is 6.92 Å². The van der Waals surface area contributed by atoms with Crippen LogP contribution in [-0.4, -0.2) is 24.7 Å². The molecule has 0 spiro atoms. The molecule has 1 heterocycles. The van der Waals surface area contributed by atoms with Crippen LogP contribution in [0.3, 0.4) is 0 Å². The van der Waals surface area contributed by atoms with Crippen LogP contribution in [0.2, 0.25) is 0 Å². The molecule has 3 N–H and O–H groups in total. The second-order valence-electron chi connectivity index (χ2n) is 2.51. The summed E-state index contributed by atoms with van der Waals surface area (Å²) in [5.41, 5.74) is 5.35. The Bertz CT molecular complexity index is 252. The van der Waals surface area contributed by atoms with E-state index in [2.05, 4.69) is 10.3 Å². The molecule has 1 rings (SSSR count). The number of nitrogens with two attached hydrogens (primary N) is 1. The zero-order valence-corrected chi connectivity index (χ0v) is 7.79. The minimum atomic E-state index is 0.598. The van der Waals surface area contributed by atoms with Crippen LogP contribution in [0, 0.1) is 0 Å². The Morgan fingerprint density at radius 1 is 1.54 bits per heavy atom. The lowest BCUT2D eigenvalue weighted by molar-refractivity contribution is 0.327. The molecule has 0 radical (unpaired) electrons. The van der Waals surface area contributed by atoms with Crippen molar-refractivity contribution in [2.75, 3.05) is 25.0 Å². The van der Waals surface area contributed by atoms with Gasteiger partial charge in [0.2, 0.25) is 5.88 Å². The fraction of sp³-hybridized carbons (Fsp3) is 0.444. The Morgan fingerprint density at radius 3 is 3.08 bits per heavy atom. The molecule has 0 atom stereocenters. The second kappa shape index (κ2) is 5.37. The van der Waals surface area contributed by atoms with E-state index in [1.165, 1.54) is 0 Å². The van der Waals surface area contributed by atoms with Crippen LogP contribution in [0.1, 0.15) is 6.92 Å². The lowest BCUT2D eigenvalue weighted by atomic mass is 10.4. The Morgan fingerprint density at radius 2 is 2.38 bits per heavy atom. The second-order valence-corrected chi connectivity index (χ2v) is 2.51. The van der Waals surface area contributed by atoms with Crippen molar-refractivity contribution in [3.05, 3.63) is 18.2 Å². The number of nitrogens with one attached hydrogen (secondary N) is 1.